The summed E-state index contributed by atoms with van der Waals surface area (Å²) in [6.07, 6.45) is 4.75. The van der Waals surface area contributed by atoms with Crippen LogP contribution < -0.4 is 26.6 Å². The first-order valence-corrected chi connectivity index (χ1v) is 15.9. The lowest BCUT2D eigenvalue weighted by atomic mass is 10.1. The van der Waals surface area contributed by atoms with Gasteiger partial charge in [-0.3, -0.25) is 14.6 Å². The molecule has 49 heavy (non-hydrogen) atoms. The van der Waals surface area contributed by atoms with Gasteiger partial charge in [0.1, 0.15) is 5.75 Å². The Morgan fingerprint density at radius 1 is 0.673 bits per heavy atom. The first kappa shape index (κ1) is 34.5. The number of nitrogens with zero attached hydrogens (tertiary/aromatic N) is 4. The maximum absolute atomic E-state index is 12.6. The lowest BCUT2D eigenvalue weighted by molar-refractivity contribution is 0.0519. The van der Waals surface area contributed by atoms with E-state index >= 15 is 0 Å². The molecule has 0 aliphatic carbocycles. The van der Waals surface area contributed by atoms with Crippen molar-refractivity contribution in [1.82, 2.24) is 25.6 Å². The smallest absolute Gasteiger partial charge is 0.251 e. The Morgan fingerprint density at radius 3 is 1.92 bits per heavy atom. The number of phenols is 1. The molecule has 6 N–H and O–H groups in total. The molecule has 1 aliphatic heterocycles. The minimum atomic E-state index is -0.181. The Morgan fingerprint density at radius 2 is 1.27 bits per heavy atom. The molecular formula is C35H39N9O5. The van der Waals surface area contributed by atoms with Crippen LogP contribution >= 0.6 is 0 Å². The number of benzene rings is 3. The van der Waals surface area contributed by atoms with Gasteiger partial charge in [0.25, 0.3) is 11.8 Å². The summed E-state index contributed by atoms with van der Waals surface area (Å²) >= 11 is 0. The number of hydrogen-bond donors (Lipinski definition) is 6. The van der Waals surface area contributed by atoms with E-state index in [0.29, 0.717) is 74.5 Å². The van der Waals surface area contributed by atoms with Crippen molar-refractivity contribution in [1.29, 1.82) is 0 Å². The van der Waals surface area contributed by atoms with Crippen LogP contribution in [0.1, 0.15) is 27.1 Å². The molecule has 0 unspecified atom stereocenters. The predicted molar refractivity (Wildman–Crippen MR) is 188 cm³/mol. The largest absolute Gasteiger partial charge is 0.508 e. The molecule has 0 atom stereocenters. The Bertz CT molecular complexity index is 1720. The van der Waals surface area contributed by atoms with E-state index in [1.54, 1.807) is 66.9 Å². The molecule has 1 aliphatic rings. The lowest BCUT2D eigenvalue weighted by Crippen LogP contribution is -2.27. The van der Waals surface area contributed by atoms with Gasteiger partial charge in [-0.2, -0.15) is 15.0 Å². The molecule has 5 rings (SSSR count). The Kier molecular flexibility index (Phi) is 13.0. The van der Waals surface area contributed by atoms with E-state index in [1.165, 1.54) is 0 Å². The number of phenolic OH excluding ortho intramolecular Hbond substituents is 1. The van der Waals surface area contributed by atoms with Crippen molar-refractivity contribution in [3.8, 4) is 5.75 Å². The maximum Gasteiger partial charge on any atom is 0.251 e. The maximum atomic E-state index is 12.6. The van der Waals surface area contributed by atoms with Crippen LogP contribution in [0.15, 0.2) is 95.5 Å². The topological polar surface area (TPSA) is 184 Å². The number of aromatic hydroxyl groups is 1. The number of dihydropyridines is 1. The summed E-state index contributed by atoms with van der Waals surface area (Å²) in [5, 5.41) is 24.8. The van der Waals surface area contributed by atoms with Crippen LogP contribution in [0, 0.1) is 0 Å². The molecule has 4 aromatic rings. The number of amides is 2. The van der Waals surface area contributed by atoms with Gasteiger partial charge in [0.2, 0.25) is 17.8 Å². The number of anilines is 5. The summed E-state index contributed by atoms with van der Waals surface area (Å²) in [6, 6.07) is 22.5. The highest BCUT2D eigenvalue weighted by Crippen LogP contribution is 2.21. The molecule has 0 fully saturated rings. The molecule has 14 heteroatoms. The van der Waals surface area contributed by atoms with E-state index in [0.717, 1.165) is 18.5 Å². The van der Waals surface area contributed by atoms with E-state index in [9.17, 15) is 14.7 Å². The molecule has 0 saturated carbocycles. The molecule has 254 valence electrons. The third-order valence-electron chi connectivity index (χ3n) is 7.01. The number of rotatable bonds is 18. The van der Waals surface area contributed by atoms with Gasteiger partial charge in [0.05, 0.1) is 26.4 Å². The molecule has 0 spiro atoms. The summed E-state index contributed by atoms with van der Waals surface area (Å²) in [6.45, 7) is 3.54. The van der Waals surface area contributed by atoms with Gasteiger partial charge in [-0.1, -0.05) is 24.3 Å². The van der Waals surface area contributed by atoms with Crippen LogP contribution in [0.25, 0.3) is 0 Å². The van der Waals surface area contributed by atoms with Gasteiger partial charge in [0.15, 0.2) is 0 Å². The SMILES string of the molecule is O=C(NCCOCCOCCNc1nc(Nc2ccc(O)cc2)nc(Nc2ccc(C(=O)NCC3=CCCN=C3)cc2)n1)c1ccccc1. The zero-order valence-electron chi connectivity index (χ0n) is 26.9. The van der Waals surface area contributed by atoms with Crippen LogP contribution in [0.3, 0.4) is 0 Å². The number of aromatic nitrogens is 3. The fraction of sp³-hybridized carbons (Fsp3) is 0.257. The molecule has 2 amide bonds. The van der Waals surface area contributed by atoms with Crippen molar-refractivity contribution < 1.29 is 24.2 Å². The zero-order chi connectivity index (χ0) is 34.1. The average Bonchev–Trinajstić information content (AvgIpc) is 3.13. The van der Waals surface area contributed by atoms with E-state index in [-0.39, 0.29) is 29.5 Å². The number of carbonyl (C=O) groups excluding carboxylic acids is 2. The van der Waals surface area contributed by atoms with E-state index < -0.39 is 0 Å². The summed E-state index contributed by atoms with van der Waals surface area (Å²) in [5.41, 5.74) is 3.47. The second-order valence-corrected chi connectivity index (χ2v) is 10.7. The number of nitrogens with one attached hydrogen (secondary N) is 5. The van der Waals surface area contributed by atoms with E-state index in [1.807, 2.05) is 18.2 Å². The van der Waals surface area contributed by atoms with Crippen molar-refractivity contribution in [2.75, 3.05) is 68.6 Å². The van der Waals surface area contributed by atoms with E-state index in [4.69, 9.17) is 9.47 Å². The monoisotopic (exact) mass is 665 g/mol. The van der Waals surface area contributed by atoms with Crippen molar-refractivity contribution in [2.24, 2.45) is 4.99 Å². The zero-order valence-corrected chi connectivity index (χ0v) is 26.9. The Hall–Kier alpha value is -5.86. The summed E-state index contributed by atoms with van der Waals surface area (Å²) < 4.78 is 11.2. The van der Waals surface area contributed by atoms with Gasteiger partial charge in [-0.05, 0) is 72.7 Å². The fourth-order valence-electron chi connectivity index (χ4n) is 4.52. The minimum Gasteiger partial charge on any atom is -0.508 e. The highest BCUT2D eigenvalue weighted by Gasteiger charge is 2.10. The summed E-state index contributed by atoms with van der Waals surface area (Å²) in [4.78, 5) is 42.4. The van der Waals surface area contributed by atoms with Gasteiger partial charge in [-0.25, -0.2) is 0 Å². The van der Waals surface area contributed by atoms with Gasteiger partial charge in [0, 0.05) is 54.9 Å². The first-order chi connectivity index (χ1) is 24.0. The number of hydrogen-bond acceptors (Lipinski definition) is 12. The van der Waals surface area contributed by atoms with Crippen LogP contribution in [0.5, 0.6) is 5.75 Å². The highest BCUT2D eigenvalue weighted by molar-refractivity contribution is 5.95. The average molecular weight is 666 g/mol. The molecular weight excluding hydrogens is 626 g/mol. The third kappa shape index (κ3) is 11.7. The number of carbonyl (C=O) groups is 2. The van der Waals surface area contributed by atoms with Crippen LogP contribution in [-0.2, 0) is 9.47 Å². The molecule has 1 aromatic heterocycles. The Labute approximate surface area is 284 Å². The van der Waals surface area contributed by atoms with Crippen molar-refractivity contribution in [3.63, 3.8) is 0 Å². The third-order valence-corrected chi connectivity index (χ3v) is 7.01. The van der Waals surface area contributed by atoms with Gasteiger partial charge in [-0.15, -0.1) is 0 Å². The number of ether oxygens (including phenoxy) is 2. The summed E-state index contributed by atoms with van der Waals surface area (Å²) in [7, 11) is 0. The molecule has 0 radical (unpaired) electrons. The van der Waals surface area contributed by atoms with Gasteiger partial charge < -0.3 is 41.2 Å². The fourth-order valence-corrected chi connectivity index (χ4v) is 4.52. The second kappa shape index (κ2) is 18.5. The quantitative estimate of drug-likeness (QED) is 0.0665. The minimum absolute atomic E-state index is 0.137. The number of aliphatic imine (C=N–C) groups is 1. The first-order valence-electron chi connectivity index (χ1n) is 15.9. The standard InChI is InChI=1S/C35H39N9O5/c45-30-14-12-29(13-15-30)41-35-43-33(38-18-20-49-22-21-48-19-17-37-31(46)26-6-2-1-3-7-26)42-34(44-35)40-28-10-8-27(9-11-28)32(47)39-24-25-5-4-16-36-23-25/h1-3,5-15,23,45H,4,16-22,24H2,(H,37,46)(H,39,47)(H3,38,40,41,42,43,44). The second-order valence-electron chi connectivity index (χ2n) is 10.7. The van der Waals surface area contributed by atoms with Crippen LogP contribution in [-0.4, -0.2) is 90.7 Å². The molecule has 0 saturated heterocycles. The Balaban J connectivity index is 1.08. The molecule has 2 heterocycles. The van der Waals surface area contributed by atoms with Crippen molar-refractivity contribution in [2.45, 2.75) is 6.42 Å². The molecule has 3 aromatic carbocycles. The van der Waals surface area contributed by atoms with Crippen LogP contribution in [0.4, 0.5) is 29.2 Å². The van der Waals surface area contributed by atoms with Gasteiger partial charge >= 0.3 is 0 Å². The van der Waals surface area contributed by atoms with Crippen LogP contribution in [0.2, 0.25) is 0 Å². The highest BCUT2D eigenvalue weighted by atomic mass is 16.5. The van der Waals surface area contributed by atoms with Crippen molar-refractivity contribution >= 4 is 47.2 Å². The predicted octanol–water partition coefficient (Wildman–Crippen LogP) is 4.07. The van der Waals surface area contributed by atoms with E-state index in [2.05, 4.69) is 52.6 Å². The molecule has 14 nitrogen and oxygen atoms in total. The normalized spacial score (nSPS) is 12.1. The summed E-state index contributed by atoms with van der Waals surface area (Å²) in [5.74, 6) is 0.679. The molecule has 0 bridgehead atoms. The lowest BCUT2D eigenvalue weighted by Gasteiger charge is -2.12. The van der Waals surface area contributed by atoms with Crippen molar-refractivity contribution in [3.05, 3.63) is 102 Å².